The van der Waals surface area contributed by atoms with Crippen molar-refractivity contribution >= 4 is 5.91 Å². The molecule has 1 aromatic rings. The van der Waals surface area contributed by atoms with Crippen molar-refractivity contribution in [1.82, 2.24) is 20.0 Å². The Morgan fingerprint density at radius 2 is 2.38 bits per heavy atom. The first-order valence-corrected chi connectivity index (χ1v) is 5.41. The summed E-state index contributed by atoms with van der Waals surface area (Å²) >= 11 is 0. The molecule has 90 valence electrons. The van der Waals surface area contributed by atoms with Gasteiger partial charge in [0.15, 0.2) is 0 Å². The fourth-order valence-electron chi connectivity index (χ4n) is 1.68. The maximum absolute atomic E-state index is 11.9. The molecule has 0 aromatic carbocycles. The number of carbonyl (C=O) groups excluding carboxylic acids is 1. The van der Waals surface area contributed by atoms with Crippen LogP contribution in [-0.2, 0) is 18.4 Å². The molecule has 1 amide bonds. The van der Waals surface area contributed by atoms with Crippen LogP contribution in [0.15, 0.2) is 12.4 Å². The lowest BCUT2D eigenvalue weighted by molar-refractivity contribution is -0.134. The Bertz CT molecular complexity index is 348. The summed E-state index contributed by atoms with van der Waals surface area (Å²) in [5.74, 6) is 0.157. The third kappa shape index (κ3) is 3.34. The molecule has 0 saturated heterocycles. The maximum Gasteiger partial charge on any atom is 0.226 e. The number of hydrogen-bond donors (Lipinski definition) is 1. The van der Waals surface area contributed by atoms with E-state index in [0.29, 0.717) is 13.1 Å². The lowest BCUT2D eigenvalue weighted by Crippen LogP contribution is -2.35. The molecule has 1 atom stereocenters. The zero-order chi connectivity index (χ0) is 12.1. The molecule has 16 heavy (non-hydrogen) atoms. The Hall–Kier alpha value is -1.36. The SMILES string of the molecule is CNCC(C)C(=O)N(C)Cc1cnn(C)c1. The lowest BCUT2D eigenvalue weighted by Gasteiger charge is -2.20. The molecule has 0 aliphatic carbocycles. The molecule has 1 N–H and O–H groups in total. The summed E-state index contributed by atoms with van der Waals surface area (Å²) in [6, 6.07) is 0. The summed E-state index contributed by atoms with van der Waals surface area (Å²) in [7, 11) is 5.54. The number of carbonyl (C=O) groups is 1. The van der Waals surface area contributed by atoms with Gasteiger partial charge in [-0.15, -0.1) is 0 Å². The van der Waals surface area contributed by atoms with Gasteiger partial charge in [-0.3, -0.25) is 9.48 Å². The maximum atomic E-state index is 11.9. The van der Waals surface area contributed by atoms with Gasteiger partial charge in [-0.2, -0.15) is 5.10 Å². The molecular weight excluding hydrogens is 204 g/mol. The third-order valence-electron chi connectivity index (χ3n) is 2.49. The topological polar surface area (TPSA) is 50.2 Å². The van der Waals surface area contributed by atoms with E-state index in [1.54, 1.807) is 15.8 Å². The zero-order valence-corrected chi connectivity index (χ0v) is 10.4. The van der Waals surface area contributed by atoms with Crippen LogP contribution in [0.2, 0.25) is 0 Å². The third-order valence-corrected chi connectivity index (χ3v) is 2.49. The minimum Gasteiger partial charge on any atom is -0.341 e. The van der Waals surface area contributed by atoms with Crippen molar-refractivity contribution in [2.45, 2.75) is 13.5 Å². The summed E-state index contributed by atoms with van der Waals surface area (Å²) < 4.78 is 1.74. The van der Waals surface area contributed by atoms with E-state index >= 15 is 0 Å². The van der Waals surface area contributed by atoms with E-state index in [4.69, 9.17) is 0 Å². The molecular formula is C11H20N4O. The second kappa shape index (κ2) is 5.65. The van der Waals surface area contributed by atoms with E-state index in [9.17, 15) is 4.79 Å². The molecule has 0 aliphatic rings. The van der Waals surface area contributed by atoms with Gasteiger partial charge in [0.2, 0.25) is 5.91 Å². The summed E-state index contributed by atoms with van der Waals surface area (Å²) in [5.41, 5.74) is 1.05. The molecule has 1 rings (SSSR count). The molecule has 0 bridgehead atoms. The fourth-order valence-corrected chi connectivity index (χ4v) is 1.68. The molecule has 5 nitrogen and oxygen atoms in total. The number of hydrogen-bond acceptors (Lipinski definition) is 3. The first-order valence-electron chi connectivity index (χ1n) is 5.41. The van der Waals surface area contributed by atoms with Gasteiger partial charge in [0.1, 0.15) is 0 Å². The number of aromatic nitrogens is 2. The van der Waals surface area contributed by atoms with Crippen LogP contribution in [-0.4, -0.2) is 41.2 Å². The van der Waals surface area contributed by atoms with Crippen LogP contribution in [0.1, 0.15) is 12.5 Å². The van der Waals surface area contributed by atoms with Crippen molar-refractivity contribution < 1.29 is 4.79 Å². The van der Waals surface area contributed by atoms with Crippen LogP contribution in [0, 0.1) is 5.92 Å². The van der Waals surface area contributed by atoms with Gasteiger partial charge in [-0.25, -0.2) is 0 Å². The summed E-state index contributed by atoms with van der Waals surface area (Å²) in [6.45, 7) is 3.25. The number of amides is 1. The van der Waals surface area contributed by atoms with Crippen molar-refractivity contribution in [3.05, 3.63) is 18.0 Å². The highest BCUT2D eigenvalue weighted by Gasteiger charge is 2.16. The van der Waals surface area contributed by atoms with Gasteiger partial charge in [-0.05, 0) is 7.05 Å². The standard InChI is InChI=1S/C11H20N4O/c1-9(5-12-2)11(16)14(3)7-10-6-13-15(4)8-10/h6,8-9,12H,5,7H2,1-4H3. The van der Waals surface area contributed by atoms with Crippen molar-refractivity contribution in [3.8, 4) is 0 Å². The first-order chi connectivity index (χ1) is 7.54. The summed E-state index contributed by atoms with van der Waals surface area (Å²) in [4.78, 5) is 13.6. The van der Waals surface area contributed by atoms with Crippen LogP contribution in [0.5, 0.6) is 0 Å². The number of rotatable bonds is 5. The van der Waals surface area contributed by atoms with Gasteiger partial charge in [0.25, 0.3) is 0 Å². The Morgan fingerprint density at radius 3 is 2.88 bits per heavy atom. The molecule has 1 heterocycles. The molecule has 0 spiro atoms. The minimum atomic E-state index is 0.00618. The van der Waals surface area contributed by atoms with Crippen LogP contribution in [0.25, 0.3) is 0 Å². The van der Waals surface area contributed by atoms with Crippen molar-refractivity contribution in [2.24, 2.45) is 13.0 Å². The fraction of sp³-hybridized carbons (Fsp3) is 0.636. The largest absolute Gasteiger partial charge is 0.341 e. The van der Waals surface area contributed by atoms with Gasteiger partial charge in [0.05, 0.1) is 6.20 Å². The van der Waals surface area contributed by atoms with Gasteiger partial charge < -0.3 is 10.2 Å². The molecule has 5 heteroatoms. The summed E-state index contributed by atoms with van der Waals surface area (Å²) in [5, 5.41) is 7.08. The lowest BCUT2D eigenvalue weighted by atomic mass is 10.1. The predicted molar refractivity (Wildman–Crippen MR) is 62.8 cm³/mol. The highest BCUT2D eigenvalue weighted by Crippen LogP contribution is 2.05. The van der Waals surface area contributed by atoms with Crippen molar-refractivity contribution in [1.29, 1.82) is 0 Å². The highest BCUT2D eigenvalue weighted by molar-refractivity contribution is 5.78. The second-order valence-corrected chi connectivity index (χ2v) is 4.18. The normalized spacial score (nSPS) is 12.5. The van der Waals surface area contributed by atoms with E-state index in [-0.39, 0.29) is 11.8 Å². The van der Waals surface area contributed by atoms with Gasteiger partial charge >= 0.3 is 0 Å². The summed E-state index contributed by atoms with van der Waals surface area (Å²) in [6.07, 6.45) is 3.71. The zero-order valence-electron chi connectivity index (χ0n) is 10.4. The van der Waals surface area contributed by atoms with Gasteiger partial charge in [0, 0.05) is 44.9 Å². The molecule has 0 aliphatic heterocycles. The highest BCUT2D eigenvalue weighted by atomic mass is 16.2. The second-order valence-electron chi connectivity index (χ2n) is 4.18. The number of nitrogens with zero attached hydrogens (tertiary/aromatic N) is 3. The van der Waals surface area contributed by atoms with Crippen LogP contribution in [0.4, 0.5) is 0 Å². The molecule has 0 radical (unpaired) electrons. The number of nitrogens with one attached hydrogen (secondary N) is 1. The average molecular weight is 224 g/mol. The van der Waals surface area contributed by atoms with Crippen LogP contribution < -0.4 is 5.32 Å². The molecule has 1 unspecified atom stereocenters. The molecule has 0 saturated carbocycles. The minimum absolute atomic E-state index is 0.00618. The first kappa shape index (κ1) is 12.7. The molecule has 1 aromatic heterocycles. The Labute approximate surface area is 96.4 Å². The van der Waals surface area contributed by atoms with Gasteiger partial charge in [-0.1, -0.05) is 6.92 Å². The molecule has 0 fully saturated rings. The van der Waals surface area contributed by atoms with E-state index in [1.807, 2.05) is 34.3 Å². The van der Waals surface area contributed by atoms with Crippen molar-refractivity contribution in [3.63, 3.8) is 0 Å². The monoisotopic (exact) mass is 224 g/mol. The van der Waals surface area contributed by atoms with Crippen molar-refractivity contribution in [2.75, 3.05) is 20.6 Å². The van der Waals surface area contributed by atoms with E-state index in [1.165, 1.54) is 0 Å². The van der Waals surface area contributed by atoms with E-state index < -0.39 is 0 Å². The van der Waals surface area contributed by atoms with Crippen LogP contribution in [0.3, 0.4) is 0 Å². The predicted octanol–water partition coefficient (Wildman–Crippen LogP) is 0.234. The van der Waals surface area contributed by atoms with E-state index in [0.717, 1.165) is 5.56 Å². The Kier molecular flexibility index (Phi) is 4.49. The van der Waals surface area contributed by atoms with Crippen LogP contribution >= 0.6 is 0 Å². The van der Waals surface area contributed by atoms with E-state index in [2.05, 4.69) is 10.4 Å². The number of aryl methyl sites for hydroxylation is 1. The average Bonchev–Trinajstić information content (AvgIpc) is 2.63. The quantitative estimate of drug-likeness (QED) is 0.779. The Balaban J connectivity index is 2.51. The smallest absolute Gasteiger partial charge is 0.226 e. The Morgan fingerprint density at radius 1 is 1.69 bits per heavy atom.